The maximum Gasteiger partial charge on any atom is 0.433 e. The highest BCUT2D eigenvalue weighted by Gasteiger charge is 2.19. The molecule has 1 aromatic carbocycles. The Kier molecular flexibility index (Phi) is 5.47. The van der Waals surface area contributed by atoms with Crippen LogP contribution in [0.5, 0.6) is 0 Å². The van der Waals surface area contributed by atoms with Gasteiger partial charge in [0.2, 0.25) is 5.76 Å². The number of nitrogens with zero attached hydrogens (tertiary/aromatic N) is 1. The summed E-state index contributed by atoms with van der Waals surface area (Å²) in [7, 11) is 0. The van der Waals surface area contributed by atoms with Crippen molar-refractivity contribution < 1.29 is 23.7 Å². The number of ketones is 1. The molecule has 7 heteroatoms. The molecule has 2 aromatic rings. The molecule has 0 saturated carbocycles. The van der Waals surface area contributed by atoms with E-state index in [0.29, 0.717) is 11.5 Å². The molecule has 1 heterocycles. The van der Waals surface area contributed by atoms with E-state index in [1.54, 1.807) is 12.1 Å². The summed E-state index contributed by atoms with van der Waals surface area (Å²) in [6.07, 6.45) is 1.00. The predicted molar refractivity (Wildman–Crippen MR) is 85.1 cm³/mol. The van der Waals surface area contributed by atoms with E-state index < -0.39 is 23.4 Å². The number of ether oxygens (including phenoxy) is 1. The summed E-state index contributed by atoms with van der Waals surface area (Å²) in [5, 5.41) is 10.5. The summed E-state index contributed by atoms with van der Waals surface area (Å²) >= 11 is 0. The van der Waals surface area contributed by atoms with E-state index in [4.69, 9.17) is 9.15 Å². The Morgan fingerprint density at radius 1 is 1.21 bits per heavy atom. The van der Waals surface area contributed by atoms with Gasteiger partial charge in [-0.15, -0.1) is 0 Å². The van der Waals surface area contributed by atoms with Crippen molar-refractivity contribution >= 4 is 17.6 Å². The van der Waals surface area contributed by atoms with Gasteiger partial charge in [0.15, 0.2) is 12.4 Å². The van der Waals surface area contributed by atoms with Gasteiger partial charge in [0.25, 0.3) is 0 Å². The highest BCUT2D eigenvalue weighted by atomic mass is 16.7. The summed E-state index contributed by atoms with van der Waals surface area (Å²) in [5.41, 5.74) is 1.56. The van der Waals surface area contributed by atoms with Crippen LogP contribution in [0, 0.1) is 10.1 Å². The number of carbonyl (C=O) groups excluding carboxylic acids is 2. The van der Waals surface area contributed by atoms with E-state index in [1.807, 2.05) is 12.1 Å². The first-order valence-electron chi connectivity index (χ1n) is 7.47. The lowest BCUT2D eigenvalue weighted by Gasteiger charge is -2.09. The summed E-state index contributed by atoms with van der Waals surface area (Å²) in [6, 6.07) is 9.31. The molecule has 0 amide bonds. The lowest BCUT2D eigenvalue weighted by molar-refractivity contribution is -0.402. The minimum Gasteiger partial charge on any atom is -0.451 e. The van der Waals surface area contributed by atoms with Gasteiger partial charge in [-0.1, -0.05) is 38.1 Å². The molecule has 0 aliphatic carbocycles. The molecule has 0 aliphatic heterocycles. The Morgan fingerprint density at radius 3 is 2.42 bits per heavy atom. The van der Waals surface area contributed by atoms with Crippen LogP contribution in [0.3, 0.4) is 0 Å². The van der Waals surface area contributed by atoms with Gasteiger partial charge in [0, 0.05) is 5.56 Å². The lowest BCUT2D eigenvalue weighted by atomic mass is 9.97. The normalized spacial score (nSPS) is 11.8. The van der Waals surface area contributed by atoms with Crippen molar-refractivity contribution in [1.29, 1.82) is 0 Å². The van der Waals surface area contributed by atoms with Crippen molar-refractivity contribution in [3.63, 3.8) is 0 Å². The number of rotatable bonds is 7. The molecule has 0 bridgehead atoms. The molecule has 0 aliphatic rings. The Labute approximate surface area is 138 Å². The monoisotopic (exact) mass is 331 g/mol. The van der Waals surface area contributed by atoms with Gasteiger partial charge in [-0.05, 0) is 24.0 Å². The van der Waals surface area contributed by atoms with Crippen LogP contribution in [0.15, 0.2) is 40.8 Å². The minimum absolute atomic E-state index is 0.318. The van der Waals surface area contributed by atoms with Crippen LogP contribution in [-0.2, 0) is 4.74 Å². The molecule has 1 atom stereocenters. The summed E-state index contributed by atoms with van der Waals surface area (Å²) in [6.45, 7) is 3.72. The third-order valence-electron chi connectivity index (χ3n) is 3.72. The molecular formula is C17H17NO6. The van der Waals surface area contributed by atoms with E-state index in [1.165, 1.54) is 0 Å². The molecule has 2 rings (SSSR count). The van der Waals surface area contributed by atoms with Gasteiger partial charge in [0.05, 0.1) is 6.07 Å². The standard InChI is InChI=1S/C17H17NO6/c1-3-11(2)12-4-6-13(7-5-12)14(19)10-23-17(20)15-8-9-16(24-15)18(21)22/h4-9,11H,3,10H2,1-2H3/t11-/m0/s1. The van der Waals surface area contributed by atoms with Crippen molar-refractivity contribution in [3.05, 3.63) is 63.4 Å². The first-order chi connectivity index (χ1) is 11.4. The number of carbonyl (C=O) groups is 2. The third-order valence-corrected chi connectivity index (χ3v) is 3.72. The number of nitro groups is 1. The largest absolute Gasteiger partial charge is 0.451 e. The number of hydrogen-bond donors (Lipinski definition) is 0. The average Bonchev–Trinajstić information content (AvgIpc) is 3.09. The topological polar surface area (TPSA) is 99.7 Å². The average molecular weight is 331 g/mol. The quantitative estimate of drug-likeness (QED) is 0.331. The molecular weight excluding hydrogens is 314 g/mol. The summed E-state index contributed by atoms with van der Waals surface area (Å²) in [5.74, 6) is -1.76. The predicted octanol–water partition coefficient (Wildman–Crippen LogP) is 3.74. The smallest absolute Gasteiger partial charge is 0.433 e. The minimum atomic E-state index is -0.923. The van der Waals surface area contributed by atoms with Crippen LogP contribution in [-0.4, -0.2) is 23.3 Å². The number of hydrogen-bond acceptors (Lipinski definition) is 6. The second-order valence-electron chi connectivity index (χ2n) is 5.33. The number of esters is 1. The highest BCUT2D eigenvalue weighted by Crippen LogP contribution is 2.19. The Bertz CT molecular complexity index is 747. The molecule has 1 aromatic heterocycles. The lowest BCUT2D eigenvalue weighted by Crippen LogP contribution is -2.14. The fourth-order valence-corrected chi connectivity index (χ4v) is 2.05. The molecule has 0 saturated heterocycles. The molecule has 0 spiro atoms. The molecule has 7 nitrogen and oxygen atoms in total. The zero-order valence-electron chi connectivity index (χ0n) is 13.4. The highest BCUT2D eigenvalue weighted by molar-refractivity contribution is 5.99. The SMILES string of the molecule is CC[C@H](C)c1ccc(C(=O)COC(=O)c2ccc([N+](=O)[O-])o2)cc1. The van der Waals surface area contributed by atoms with Crippen molar-refractivity contribution in [2.24, 2.45) is 0 Å². The molecule has 126 valence electrons. The van der Waals surface area contributed by atoms with E-state index in [0.717, 1.165) is 24.1 Å². The zero-order chi connectivity index (χ0) is 17.7. The van der Waals surface area contributed by atoms with Crippen LogP contribution in [0.25, 0.3) is 0 Å². The molecule has 0 fully saturated rings. The van der Waals surface area contributed by atoms with Gasteiger partial charge < -0.3 is 9.15 Å². The van der Waals surface area contributed by atoms with Crippen LogP contribution in [0.2, 0.25) is 0 Å². The van der Waals surface area contributed by atoms with Gasteiger partial charge >= 0.3 is 11.9 Å². The number of benzene rings is 1. The van der Waals surface area contributed by atoms with E-state index in [-0.39, 0.29) is 11.5 Å². The molecule has 24 heavy (non-hydrogen) atoms. The molecule has 0 N–H and O–H groups in total. The van der Waals surface area contributed by atoms with Gasteiger partial charge in [-0.3, -0.25) is 14.9 Å². The van der Waals surface area contributed by atoms with Crippen molar-refractivity contribution in [3.8, 4) is 0 Å². The van der Waals surface area contributed by atoms with E-state index in [9.17, 15) is 19.7 Å². The molecule has 0 radical (unpaired) electrons. The zero-order valence-corrected chi connectivity index (χ0v) is 13.4. The first-order valence-corrected chi connectivity index (χ1v) is 7.47. The fraction of sp³-hybridized carbons (Fsp3) is 0.294. The summed E-state index contributed by atoms with van der Waals surface area (Å²) in [4.78, 5) is 33.5. The van der Waals surface area contributed by atoms with Crippen molar-refractivity contribution in [1.82, 2.24) is 0 Å². The van der Waals surface area contributed by atoms with Crippen LogP contribution in [0.1, 0.15) is 52.7 Å². The number of Topliss-reactive ketones (excluding diaryl/α,β-unsaturated/α-hetero) is 1. The second-order valence-corrected chi connectivity index (χ2v) is 5.33. The number of furan rings is 1. The Hall–Kier alpha value is -2.96. The van der Waals surface area contributed by atoms with Crippen LogP contribution < -0.4 is 0 Å². The maximum atomic E-state index is 12.0. The molecule has 0 unspecified atom stereocenters. The third kappa shape index (κ3) is 4.07. The van der Waals surface area contributed by atoms with E-state index in [2.05, 4.69) is 13.8 Å². The first kappa shape index (κ1) is 17.4. The van der Waals surface area contributed by atoms with E-state index >= 15 is 0 Å². The van der Waals surface area contributed by atoms with Gasteiger partial charge in [-0.2, -0.15) is 0 Å². The Balaban J connectivity index is 1.94. The summed E-state index contributed by atoms with van der Waals surface area (Å²) < 4.78 is 9.55. The second kappa shape index (κ2) is 7.54. The van der Waals surface area contributed by atoms with Crippen LogP contribution in [0.4, 0.5) is 5.88 Å². The van der Waals surface area contributed by atoms with Gasteiger partial charge in [-0.25, -0.2) is 4.79 Å². The van der Waals surface area contributed by atoms with Crippen molar-refractivity contribution in [2.45, 2.75) is 26.2 Å². The van der Waals surface area contributed by atoms with Crippen molar-refractivity contribution in [2.75, 3.05) is 6.61 Å². The fourth-order valence-electron chi connectivity index (χ4n) is 2.05. The van der Waals surface area contributed by atoms with Crippen LogP contribution >= 0.6 is 0 Å². The van der Waals surface area contributed by atoms with Gasteiger partial charge in [0.1, 0.15) is 4.92 Å². The Morgan fingerprint density at radius 2 is 1.88 bits per heavy atom. The maximum absolute atomic E-state index is 12.0.